The first-order valence-electron chi connectivity index (χ1n) is 18.4. The highest BCUT2D eigenvalue weighted by Gasteiger charge is 2.20. The van der Waals surface area contributed by atoms with Crippen LogP contribution in [0.25, 0.3) is 110 Å². The molecule has 0 fully saturated rings. The van der Waals surface area contributed by atoms with E-state index < -0.39 is 0 Å². The molecule has 10 aromatic carbocycles. The summed E-state index contributed by atoms with van der Waals surface area (Å²) in [6.45, 7) is 0. The molecule has 0 amide bonds. The average Bonchev–Trinajstić information content (AvgIpc) is 3.25. The van der Waals surface area contributed by atoms with Gasteiger partial charge in [-0.25, -0.2) is 15.0 Å². The van der Waals surface area contributed by atoms with Gasteiger partial charge in [0.1, 0.15) is 0 Å². The van der Waals surface area contributed by atoms with Crippen molar-refractivity contribution in [1.29, 1.82) is 0 Å². The molecule has 250 valence electrons. The van der Waals surface area contributed by atoms with Crippen LogP contribution in [0.2, 0.25) is 0 Å². The van der Waals surface area contributed by atoms with Crippen LogP contribution in [0.1, 0.15) is 0 Å². The first-order valence-corrected chi connectivity index (χ1v) is 18.4. The summed E-state index contributed by atoms with van der Waals surface area (Å²) in [4.78, 5) is 16.1. The maximum Gasteiger partial charge on any atom is 0.165 e. The lowest BCUT2D eigenvalue weighted by atomic mass is 9.92. The van der Waals surface area contributed by atoms with E-state index in [0.29, 0.717) is 17.5 Å². The monoisotopic (exact) mass is 685 g/mol. The lowest BCUT2D eigenvalue weighted by Crippen LogP contribution is -2.02. The van der Waals surface area contributed by atoms with Gasteiger partial charge in [-0.3, -0.25) is 0 Å². The molecule has 0 saturated carbocycles. The Kier molecular flexibility index (Phi) is 6.86. The third-order valence-corrected chi connectivity index (χ3v) is 10.9. The Balaban J connectivity index is 1.24. The van der Waals surface area contributed by atoms with E-state index in [1.807, 2.05) is 6.07 Å². The van der Waals surface area contributed by atoms with Gasteiger partial charge in [-0.2, -0.15) is 0 Å². The van der Waals surface area contributed by atoms with Crippen molar-refractivity contribution in [2.75, 3.05) is 0 Å². The minimum Gasteiger partial charge on any atom is -0.208 e. The average molecular weight is 686 g/mol. The Morgan fingerprint density at radius 2 is 0.741 bits per heavy atom. The molecule has 0 saturated heterocycles. The second-order valence-electron chi connectivity index (χ2n) is 13.9. The SMILES string of the molecule is c1ccc(-c2ccccc2-c2nc(-c3ccc4c5ccccc5c5ccccc5c4c3)nc(-c3c4ccccc4cc4c3ccc3ccccc34)n2)cc1. The van der Waals surface area contributed by atoms with E-state index in [2.05, 4.69) is 182 Å². The van der Waals surface area contributed by atoms with Gasteiger partial charge in [0.05, 0.1) is 0 Å². The number of rotatable bonds is 4. The van der Waals surface area contributed by atoms with Crippen molar-refractivity contribution in [3.63, 3.8) is 0 Å². The van der Waals surface area contributed by atoms with E-state index in [1.54, 1.807) is 0 Å². The maximum absolute atomic E-state index is 5.41. The molecule has 0 bridgehead atoms. The van der Waals surface area contributed by atoms with E-state index in [1.165, 1.54) is 48.5 Å². The fraction of sp³-hybridized carbons (Fsp3) is 0. The summed E-state index contributed by atoms with van der Waals surface area (Å²) < 4.78 is 0. The predicted octanol–water partition coefficient (Wildman–Crippen LogP) is 13.5. The molecule has 0 spiro atoms. The van der Waals surface area contributed by atoms with Crippen molar-refractivity contribution in [2.24, 2.45) is 0 Å². The maximum atomic E-state index is 5.41. The number of aromatic nitrogens is 3. The molecule has 11 aromatic rings. The third kappa shape index (κ3) is 4.79. The van der Waals surface area contributed by atoms with Crippen molar-refractivity contribution >= 4 is 64.6 Å². The molecule has 0 aliphatic rings. The molecule has 0 N–H and O–H groups in total. The van der Waals surface area contributed by atoms with E-state index in [0.717, 1.165) is 44.0 Å². The molecule has 54 heavy (non-hydrogen) atoms. The molecule has 0 radical (unpaired) electrons. The summed E-state index contributed by atoms with van der Waals surface area (Å²) in [7, 11) is 0. The Labute approximate surface area is 311 Å². The topological polar surface area (TPSA) is 38.7 Å². The number of hydrogen-bond acceptors (Lipinski definition) is 3. The van der Waals surface area contributed by atoms with Crippen LogP contribution in [-0.2, 0) is 0 Å². The van der Waals surface area contributed by atoms with Gasteiger partial charge < -0.3 is 0 Å². The van der Waals surface area contributed by atoms with Crippen LogP contribution in [0.3, 0.4) is 0 Å². The summed E-state index contributed by atoms with van der Waals surface area (Å²) in [5.41, 5.74) is 5.10. The lowest BCUT2D eigenvalue weighted by molar-refractivity contribution is 1.08. The van der Waals surface area contributed by atoms with Crippen LogP contribution < -0.4 is 0 Å². The highest BCUT2D eigenvalue weighted by Crippen LogP contribution is 2.41. The van der Waals surface area contributed by atoms with Gasteiger partial charge in [0.25, 0.3) is 0 Å². The summed E-state index contributed by atoms with van der Waals surface area (Å²) in [5.74, 6) is 1.93. The van der Waals surface area contributed by atoms with Crippen molar-refractivity contribution in [2.45, 2.75) is 0 Å². The van der Waals surface area contributed by atoms with Crippen LogP contribution >= 0.6 is 0 Å². The number of benzene rings is 10. The van der Waals surface area contributed by atoms with Crippen molar-refractivity contribution in [3.05, 3.63) is 188 Å². The van der Waals surface area contributed by atoms with Crippen LogP contribution in [0.15, 0.2) is 188 Å². The zero-order valence-electron chi connectivity index (χ0n) is 29.2. The Bertz CT molecular complexity index is 3240. The summed E-state index contributed by atoms with van der Waals surface area (Å²) in [6, 6.07) is 66.9. The molecule has 3 heteroatoms. The number of hydrogen-bond donors (Lipinski definition) is 0. The van der Waals surface area contributed by atoms with Gasteiger partial charge in [-0.1, -0.05) is 176 Å². The normalized spacial score (nSPS) is 11.7. The molecule has 0 unspecified atom stereocenters. The molecule has 0 atom stereocenters. The van der Waals surface area contributed by atoms with Gasteiger partial charge in [0.15, 0.2) is 17.5 Å². The molecular weight excluding hydrogens is 655 g/mol. The fourth-order valence-electron chi connectivity index (χ4n) is 8.39. The molecule has 0 aliphatic carbocycles. The fourth-order valence-corrected chi connectivity index (χ4v) is 8.39. The van der Waals surface area contributed by atoms with E-state index in [9.17, 15) is 0 Å². The van der Waals surface area contributed by atoms with Crippen LogP contribution in [0.5, 0.6) is 0 Å². The summed E-state index contributed by atoms with van der Waals surface area (Å²) >= 11 is 0. The molecule has 11 rings (SSSR count). The molecular formula is C51H31N3. The summed E-state index contributed by atoms with van der Waals surface area (Å²) in [6.07, 6.45) is 0. The lowest BCUT2D eigenvalue weighted by Gasteiger charge is -2.16. The quantitative estimate of drug-likeness (QED) is 0.137. The largest absolute Gasteiger partial charge is 0.208 e. The van der Waals surface area contributed by atoms with Gasteiger partial charge in [-0.15, -0.1) is 0 Å². The zero-order valence-corrected chi connectivity index (χ0v) is 29.2. The Hall–Kier alpha value is -7.23. The smallest absolute Gasteiger partial charge is 0.165 e. The van der Waals surface area contributed by atoms with Gasteiger partial charge >= 0.3 is 0 Å². The first kappa shape index (κ1) is 30.4. The van der Waals surface area contributed by atoms with Crippen LogP contribution in [-0.4, -0.2) is 15.0 Å². The number of fused-ring (bicyclic) bond motifs is 10. The predicted molar refractivity (Wildman–Crippen MR) is 227 cm³/mol. The van der Waals surface area contributed by atoms with Crippen molar-refractivity contribution < 1.29 is 0 Å². The van der Waals surface area contributed by atoms with Crippen LogP contribution in [0, 0.1) is 0 Å². The van der Waals surface area contributed by atoms with E-state index in [-0.39, 0.29) is 0 Å². The summed E-state index contributed by atoms with van der Waals surface area (Å²) in [5, 5.41) is 14.3. The Morgan fingerprint density at radius 1 is 0.241 bits per heavy atom. The molecule has 1 heterocycles. The van der Waals surface area contributed by atoms with E-state index >= 15 is 0 Å². The second-order valence-corrected chi connectivity index (χ2v) is 13.9. The minimum atomic E-state index is 0.638. The van der Waals surface area contributed by atoms with Crippen LogP contribution in [0.4, 0.5) is 0 Å². The molecule has 3 nitrogen and oxygen atoms in total. The van der Waals surface area contributed by atoms with E-state index in [4.69, 9.17) is 15.0 Å². The highest BCUT2D eigenvalue weighted by atomic mass is 15.0. The minimum absolute atomic E-state index is 0.638. The molecule has 0 aliphatic heterocycles. The number of nitrogens with zero attached hydrogens (tertiary/aromatic N) is 3. The standard InChI is InChI=1S/C51H31N3/c1-2-14-32(15-3-1)36-18-8-13-25-45(36)50-52-49(35-27-28-43-41-23-10-9-21-39(41)40-22-11-12-24-42(40)47(43)31-35)53-51(54-50)48-38-20-7-5-17-34(38)30-46-37-19-6-4-16-33(37)26-29-44(46)48/h1-31H. The molecule has 1 aromatic heterocycles. The Morgan fingerprint density at radius 3 is 1.48 bits per heavy atom. The van der Waals surface area contributed by atoms with Gasteiger partial charge in [0, 0.05) is 16.7 Å². The van der Waals surface area contributed by atoms with Gasteiger partial charge in [-0.05, 0) is 87.9 Å². The highest BCUT2D eigenvalue weighted by molar-refractivity contribution is 6.26. The van der Waals surface area contributed by atoms with Crippen molar-refractivity contribution in [3.8, 4) is 45.3 Å². The zero-order chi connectivity index (χ0) is 35.6. The van der Waals surface area contributed by atoms with Crippen molar-refractivity contribution in [1.82, 2.24) is 15.0 Å². The second kappa shape index (κ2) is 12.2. The third-order valence-electron chi connectivity index (χ3n) is 10.9. The van der Waals surface area contributed by atoms with Gasteiger partial charge in [0.2, 0.25) is 0 Å². The first-order chi connectivity index (χ1) is 26.8.